The summed E-state index contributed by atoms with van der Waals surface area (Å²) in [5.74, 6) is 0.0147. The van der Waals surface area contributed by atoms with E-state index in [1.165, 1.54) is 13.2 Å². The molecule has 0 radical (unpaired) electrons. The van der Waals surface area contributed by atoms with Crippen molar-refractivity contribution in [3.8, 4) is 5.75 Å². The smallest absolute Gasteiger partial charge is 0.330 e. The van der Waals surface area contributed by atoms with Crippen molar-refractivity contribution in [2.45, 2.75) is 47.5 Å². The topological polar surface area (TPSA) is 61.8 Å². The molecule has 2 aromatic carbocycles. The maximum Gasteiger partial charge on any atom is 0.330 e. The minimum Gasteiger partial charge on any atom is -0.466 e. The standard InChI is InChI=1S/C24H28O5.C2H6/c1-5-24(2,3)23(26)29-17-28-21-13-10-20(11-14-21)16-19-8-6-18(7-9-19)12-15-22(25)27-4;1-2/h6-15H,5,16-17H2,1-4H3;1-2H3/b15-12+;. The van der Waals surface area contributed by atoms with Crippen LogP contribution in [0.1, 0.15) is 57.7 Å². The summed E-state index contributed by atoms with van der Waals surface area (Å²) in [5, 5.41) is 0. The van der Waals surface area contributed by atoms with Gasteiger partial charge >= 0.3 is 11.9 Å². The normalized spacial score (nSPS) is 10.8. The van der Waals surface area contributed by atoms with Crippen LogP contribution in [0.3, 0.4) is 0 Å². The molecule has 0 aromatic heterocycles. The summed E-state index contributed by atoms with van der Waals surface area (Å²) in [7, 11) is 1.35. The third-order valence-electron chi connectivity index (χ3n) is 4.78. The minimum absolute atomic E-state index is 0.0951. The first-order chi connectivity index (χ1) is 14.8. The summed E-state index contributed by atoms with van der Waals surface area (Å²) >= 11 is 0. The van der Waals surface area contributed by atoms with Gasteiger partial charge in [-0.1, -0.05) is 57.2 Å². The van der Waals surface area contributed by atoms with Crippen molar-refractivity contribution >= 4 is 18.0 Å². The lowest BCUT2D eigenvalue weighted by molar-refractivity contribution is -0.160. The van der Waals surface area contributed by atoms with Crippen LogP contribution in [0.5, 0.6) is 5.75 Å². The molecule has 2 aromatic rings. The lowest BCUT2D eigenvalue weighted by Crippen LogP contribution is -2.27. The number of hydrogen-bond acceptors (Lipinski definition) is 5. The van der Waals surface area contributed by atoms with Gasteiger partial charge in [-0.2, -0.15) is 0 Å². The molecule has 0 atom stereocenters. The number of esters is 2. The molecule has 5 heteroatoms. The van der Waals surface area contributed by atoms with E-state index in [1.807, 2.05) is 83.1 Å². The molecule has 168 valence electrons. The van der Waals surface area contributed by atoms with E-state index < -0.39 is 5.41 Å². The highest BCUT2D eigenvalue weighted by atomic mass is 16.7. The Balaban J connectivity index is 0.00000233. The molecule has 0 N–H and O–H groups in total. The fourth-order valence-corrected chi connectivity index (χ4v) is 2.41. The molecule has 0 unspecified atom stereocenters. The zero-order chi connectivity index (χ0) is 23.3. The second kappa shape index (κ2) is 13.3. The Bertz CT molecular complexity index is 833. The lowest BCUT2D eigenvalue weighted by Gasteiger charge is -2.20. The van der Waals surface area contributed by atoms with Crippen molar-refractivity contribution in [3.63, 3.8) is 0 Å². The third kappa shape index (κ3) is 9.08. The molecule has 0 heterocycles. The largest absolute Gasteiger partial charge is 0.466 e. The number of carbonyl (C=O) groups excluding carboxylic acids is 2. The Morgan fingerprint density at radius 3 is 2.00 bits per heavy atom. The van der Waals surface area contributed by atoms with Crippen LogP contribution in [0.2, 0.25) is 0 Å². The van der Waals surface area contributed by atoms with Crippen molar-refractivity contribution < 1.29 is 23.8 Å². The van der Waals surface area contributed by atoms with Crippen molar-refractivity contribution in [3.05, 3.63) is 71.3 Å². The van der Waals surface area contributed by atoms with Crippen LogP contribution in [-0.4, -0.2) is 25.8 Å². The van der Waals surface area contributed by atoms with Gasteiger partial charge in [-0.3, -0.25) is 4.79 Å². The van der Waals surface area contributed by atoms with Crippen LogP contribution in [-0.2, 0) is 25.5 Å². The molecule has 0 aliphatic carbocycles. The van der Waals surface area contributed by atoms with Gasteiger partial charge in [-0.15, -0.1) is 0 Å². The Labute approximate surface area is 186 Å². The quantitative estimate of drug-likeness (QED) is 0.288. The summed E-state index contributed by atoms with van der Waals surface area (Å²) in [6, 6.07) is 15.7. The van der Waals surface area contributed by atoms with Gasteiger partial charge in [0.15, 0.2) is 0 Å². The molecule has 0 aliphatic heterocycles. The minimum atomic E-state index is -0.502. The summed E-state index contributed by atoms with van der Waals surface area (Å²) in [6.07, 6.45) is 4.61. The highest BCUT2D eigenvalue weighted by Crippen LogP contribution is 2.22. The van der Waals surface area contributed by atoms with Gasteiger partial charge in [0.25, 0.3) is 0 Å². The van der Waals surface area contributed by atoms with Gasteiger partial charge in [-0.05, 0) is 61.6 Å². The maximum absolute atomic E-state index is 11.9. The Morgan fingerprint density at radius 2 is 1.48 bits per heavy atom. The molecule has 0 fully saturated rings. The van der Waals surface area contributed by atoms with Gasteiger partial charge in [0.05, 0.1) is 12.5 Å². The van der Waals surface area contributed by atoms with E-state index in [0.29, 0.717) is 12.2 Å². The van der Waals surface area contributed by atoms with Crippen LogP contribution in [0, 0.1) is 5.41 Å². The van der Waals surface area contributed by atoms with Gasteiger partial charge in [0.2, 0.25) is 6.79 Å². The fourth-order valence-electron chi connectivity index (χ4n) is 2.41. The van der Waals surface area contributed by atoms with E-state index in [4.69, 9.17) is 9.47 Å². The van der Waals surface area contributed by atoms with Crippen molar-refractivity contribution in [2.75, 3.05) is 13.9 Å². The summed E-state index contributed by atoms with van der Waals surface area (Å²) in [6.45, 7) is 9.56. The first-order valence-electron chi connectivity index (χ1n) is 10.6. The van der Waals surface area contributed by atoms with Crippen LogP contribution in [0.15, 0.2) is 54.6 Å². The fraction of sp³-hybridized carbons (Fsp3) is 0.385. The predicted molar refractivity (Wildman–Crippen MR) is 124 cm³/mol. The molecule has 2 rings (SSSR count). The van der Waals surface area contributed by atoms with Crippen molar-refractivity contribution in [1.82, 2.24) is 0 Å². The van der Waals surface area contributed by atoms with Crippen LogP contribution in [0.25, 0.3) is 6.08 Å². The van der Waals surface area contributed by atoms with Crippen LogP contribution < -0.4 is 4.74 Å². The number of hydrogen-bond donors (Lipinski definition) is 0. The Hall–Kier alpha value is -3.08. The van der Waals surface area contributed by atoms with Crippen LogP contribution >= 0.6 is 0 Å². The molecule has 0 saturated heterocycles. The average Bonchev–Trinajstić information content (AvgIpc) is 2.80. The predicted octanol–water partition coefficient (Wildman–Crippen LogP) is 5.81. The first kappa shape index (κ1) is 26.0. The van der Waals surface area contributed by atoms with E-state index in [2.05, 4.69) is 4.74 Å². The molecule has 0 amide bonds. The molecule has 5 nitrogen and oxygen atoms in total. The zero-order valence-electron chi connectivity index (χ0n) is 19.4. The first-order valence-corrected chi connectivity index (χ1v) is 10.6. The Kier molecular flexibility index (Phi) is 11.1. The summed E-state index contributed by atoms with van der Waals surface area (Å²) in [5.41, 5.74) is 2.73. The third-order valence-corrected chi connectivity index (χ3v) is 4.78. The summed E-state index contributed by atoms with van der Waals surface area (Å²) in [4.78, 5) is 23.1. The second-order valence-electron chi connectivity index (χ2n) is 7.35. The van der Waals surface area contributed by atoms with E-state index in [-0.39, 0.29) is 18.7 Å². The number of ether oxygens (including phenoxy) is 3. The Morgan fingerprint density at radius 1 is 0.935 bits per heavy atom. The lowest BCUT2D eigenvalue weighted by atomic mass is 9.91. The van der Waals surface area contributed by atoms with Gasteiger partial charge in [0, 0.05) is 6.08 Å². The van der Waals surface area contributed by atoms with Crippen molar-refractivity contribution in [1.29, 1.82) is 0 Å². The van der Waals surface area contributed by atoms with E-state index in [1.54, 1.807) is 6.08 Å². The number of rotatable bonds is 9. The van der Waals surface area contributed by atoms with E-state index in [9.17, 15) is 9.59 Å². The molecular formula is C26H34O5. The zero-order valence-corrected chi connectivity index (χ0v) is 19.4. The molecular weight excluding hydrogens is 392 g/mol. The number of methoxy groups -OCH3 is 1. The van der Waals surface area contributed by atoms with Crippen molar-refractivity contribution in [2.24, 2.45) is 5.41 Å². The molecule has 0 saturated carbocycles. The van der Waals surface area contributed by atoms with Gasteiger partial charge < -0.3 is 14.2 Å². The second-order valence-corrected chi connectivity index (χ2v) is 7.35. The van der Waals surface area contributed by atoms with Gasteiger partial charge in [0.1, 0.15) is 5.75 Å². The molecule has 0 aliphatic rings. The number of carbonyl (C=O) groups is 2. The monoisotopic (exact) mass is 426 g/mol. The SMILES string of the molecule is CC.CCC(C)(C)C(=O)OCOc1ccc(Cc2ccc(/C=C/C(=O)OC)cc2)cc1. The molecule has 0 bridgehead atoms. The molecule has 0 spiro atoms. The number of benzene rings is 2. The van der Waals surface area contributed by atoms with E-state index >= 15 is 0 Å². The van der Waals surface area contributed by atoms with E-state index in [0.717, 1.165) is 23.1 Å². The summed E-state index contributed by atoms with van der Waals surface area (Å²) < 4.78 is 15.3. The highest BCUT2D eigenvalue weighted by Gasteiger charge is 2.27. The van der Waals surface area contributed by atoms with Gasteiger partial charge in [-0.25, -0.2) is 4.79 Å². The highest BCUT2D eigenvalue weighted by molar-refractivity contribution is 5.86. The average molecular weight is 427 g/mol. The molecule has 31 heavy (non-hydrogen) atoms. The van der Waals surface area contributed by atoms with Crippen LogP contribution in [0.4, 0.5) is 0 Å². The maximum atomic E-state index is 11.9.